The average molecular weight is 279 g/mol. The minimum atomic E-state index is 0.0505. The summed E-state index contributed by atoms with van der Waals surface area (Å²) in [6, 6.07) is 6.12. The number of oxime groups is 1. The molecule has 0 spiro atoms. The summed E-state index contributed by atoms with van der Waals surface area (Å²) in [5, 5.41) is 15.2. The molecule has 0 saturated heterocycles. The van der Waals surface area contributed by atoms with Gasteiger partial charge in [-0.2, -0.15) is 0 Å². The molecule has 1 aromatic carbocycles. The quantitative estimate of drug-likeness (QED) is 0.310. The Morgan fingerprint density at radius 2 is 2.10 bits per heavy atom. The maximum absolute atomic E-state index is 8.73. The van der Waals surface area contributed by atoms with Crippen molar-refractivity contribution in [2.24, 2.45) is 16.8 Å². The van der Waals surface area contributed by atoms with Crippen LogP contribution in [0.4, 0.5) is 0 Å². The molecular weight excluding hydrogens is 254 g/mol. The zero-order valence-corrected chi connectivity index (χ0v) is 12.7. The predicted octanol–water partition coefficient (Wildman–Crippen LogP) is 2.31. The molecule has 20 heavy (non-hydrogen) atoms. The first-order valence-electron chi connectivity index (χ1n) is 6.86. The van der Waals surface area contributed by atoms with Gasteiger partial charge in [-0.25, -0.2) is 0 Å². The molecule has 1 rings (SSSR count). The van der Waals surface area contributed by atoms with Crippen LogP contribution >= 0.6 is 0 Å². The largest absolute Gasteiger partial charge is 0.496 e. The number of rotatable bonds is 7. The van der Waals surface area contributed by atoms with Crippen molar-refractivity contribution in [3.63, 3.8) is 0 Å². The average Bonchev–Trinajstić information content (AvgIpc) is 2.43. The highest BCUT2D eigenvalue weighted by molar-refractivity contribution is 5.99. The second-order valence-corrected chi connectivity index (χ2v) is 5.43. The molecule has 0 aliphatic rings. The predicted molar refractivity (Wildman–Crippen MR) is 81.3 cm³/mol. The molecule has 5 heteroatoms. The van der Waals surface area contributed by atoms with E-state index in [1.807, 2.05) is 12.1 Å². The van der Waals surface area contributed by atoms with Crippen LogP contribution in [-0.2, 0) is 6.54 Å². The Kier molecular flexibility index (Phi) is 6.31. The first-order valence-corrected chi connectivity index (χ1v) is 6.86. The van der Waals surface area contributed by atoms with Crippen LogP contribution in [-0.4, -0.2) is 24.2 Å². The van der Waals surface area contributed by atoms with Gasteiger partial charge in [-0.15, -0.1) is 0 Å². The van der Waals surface area contributed by atoms with E-state index in [0.29, 0.717) is 23.3 Å². The number of hydrogen-bond acceptors (Lipinski definition) is 4. The molecule has 0 aliphatic carbocycles. The van der Waals surface area contributed by atoms with Gasteiger partial charge >= 0.3 is 0 Å². The molecule has 5 nitrogen and oxygen atoms in total. The van der Waals surface area contributed by atoms with E-state index in [0.717, 1.165) is 18.5 Å². The summed E-state index contributed by atoms with van der Waals surface area (Å²) in [5.41, 5.74) is 7.30. The molecule has 0 amide bonds. The van der Waals surface area contributed by atoms with Gasteiger partial charge in [0, 0.05) is 12.6 Å². The highest BCUT2D eigenvalue weighted by atomic mass is 16.5. The number of benzene rings is 1. The summed E-state index contributed by atoms with van der Waals surface area (Å²) < 4.78 is 5.28. The van der Waals surface area contributed by atoms with Crippen molar-refractivity contribution in [1.82, 2.24) is 5.32 Å². The Morgan fingerprint density at radius 1 is 1.40 bits per heavy atom. The molecule has 4 N–H and O–H groups in total. The maximum Gasteiger partial charge on any atom is 0.173 e. The van der Waals surface area contributed by atoms with Crippen LogP contribution < -0.4 is 15.8 Å². The number of hydrogen-bond donors (Lipinski definition) is 3. The number of nitrogens with two attached hydrogens (primary N) is 1. The fraction of sp³-hybridized carbons (Fsp3) is 0.533. The van der Waals surface area contributed by atoms with Crippen molar-refractivity contribution in [3.8, 4) is 5.75 Å². The zero-order chi connectivity index (χ0) is 15.1. The van der Waals surface area contributed by atoms with E-state index in [9.17, 15) is 0 Å². The molecule has 0 saturated carbocycles. The van der Waals surface area contributed by atoms with Crippen LogP contribution in [0.25, 0.3) is 0 Å². The van der Waals surface area contributed by atoms with Gasteiger partial charge in [0.1, 0.15) is 5.75 Å². The van der Waals surface area contributed by atoms with Crippen molar-refractivity contribution in [2.45, 2.75) is 39.8 Å². The fourth-order valence-corrected chi connectivity index (χ4v) is 2.19. The lowest BCUT2D eigenvalue weighted by Crippen LogP contribution is -2.27. The Hall–Kier alpha value is -1.75. The third-order valence-electron chi connectivity index (χ3n) is 3.13. The molecule has 0 bridgehead atoms. The van der Waals surface area contributed by atoms with Crippen LogP contribution in [0.5, 0.6) is 5.75 Å². The molecule has 0 aromatic heterocycles. The zero-order valence-electron chi connectivity index (χ0n) is 12.7. The van der Waals surface area contributed by atoms with E-state index in [4.69, 9.17) is 15.7 Å². The highest BCUT2D eigenvalue weighted by Crippen LogP contribution is 2.20. The van der Waals surface area contributed by atoms with Gasteiger partial charge in [0.25, 0.3) is 0 Å². The molecule has 0 aliphatic heterocycles. The summed E-state index contributed by atoms with van der Waals surface area (Å²) >= 11 is 0. The van der Waals surface area contributed by atoms with Crippen molar-refractivity contribution >= 4 is 5.84 Å². The summed E-state index contributed by atoms with van der Waals surface area (Å²) in [5.74, 6) is 1.33. The minimum absolute atomic E-state index is 0.0505. The lowest BCUT2D eigenvalue weighted by Gasteiger charge is -2.16. The van der Waals surface area contributed by atoms with E-state index in [1.54, 1.807) is 13.2 Å². The van der Waals surface area contributed by atoms with E-state index in [2.05, 4.69) is 31.2 Å². The Bertz CT molecular complexity index is 458. The highest BCUT2D eigenvalue weighted by Gasteiger charge is 2.10. The molecular formula is C15H25N3O2. The van der Waals surface area contributed by atoms with Gasteiger partial charge in [0.05, 0.1) is 12.7 Å². The van der Waals surface area contributed by atoms with Crippen molar-refractivity contribution < 1.29 is 9.94 Å². The van der Waals surface area contributed by atoms with Crippen LogP contribution in [0.3, 0.4) is 0 Å². The molecule has 0 heterocycles. The number of nitrogens with one attached hydrogen (secondary N) is 1. The van der Waals surface area contributed by atoms with Crippen LogP contribution in [0, 0.1) is 5.92 Å². The first-order chi connectivity index (χ1) is 9.47. The Morgan fingerprint density at radius 3 is 2.65 bits per heavy atom. The lowest BCUT2D eigenvalue weighted by molar-refractivity contribution is 0.318. The van der Waals surface area contributed by atoms with Crippen molar-refractivity contribution in [1.29, 1.82) is 0 Å². The van der Waals surface area contributed by atoms with Crippen LogP contribution in [0.2, 0.25) is 0 Å². The fourth-order valence-electron chi connectivity index (χ4n) is 2.19. The maximum atomic E-state index is 8.73. The normalized spacial score (nSPS) is 13.6. The number of ether oxygens (including phenoxy) is 1. The van der Waals surface area contributed by atoms with E-state index in [-0.39, 0.29) is 5.84 Å². The molecule has 1 unspecified atom stereocenters. The minimum Gasteiger partial charge on any atom is -0.496 e. The Balaban J connectivity index is 2.73. The van der Waals surface area contributed by atoms with Gasteiger partial charge in [-0.3, -0.25) is 0 Å². The lowest BCUT2D eigenvalue weighted by atomic mass is 10.0. The third-order valence-corrected chi connectivity index (χ3v) is 3.13. The van der Waals surface area contributed by atoms with Crippen molar-refractivity contribution in [2.75, 3.05) is 7.11 Å². The van der Waals surface area contributed by atoms with Gasteiger partial charge in [0.2, 0.25) is 0 Å². The molecule has 0 radical (unpaired) electrons. The molecule has 112 valence electrons. The monoisotopic (exact) mass is 279 g/mol. The molecule has 1 atom stereocenters. The van der Waals surface area contributed by atoms with Gasteiger partial charge < -0.3 is 21.0 Å². The molecule has 0 fully saturated rings. The van der Waals surface area contributed by atoms with Crippen LogP contribution in [0.1, 0.15) is 38.3 Å². The van der Waals surface area contributed by atoms with Gasteiger partial charge in [0.15, 0.2) is 5.84 Å². The third kappa shape index (κ3) is 4.74. The van der Waals surface area contributed by atoms with Crippen molar-refractivity contribution in [3.05, 3.63) is 29.3 Å². The van der Waals surface area contributed by atoms with Crippen LogP contribution in [0.15, 0.2) is 23.4 Å². The smallest absolute Gasteiger partial charge is 0.173 e. The van der Waals surface area contributed by atoms with E-state index in [1.165, 1.54) is 0 Å². The summed E-state index contributed by atoms with van der Waals surface area (Å²) in [6.07, 6.45) is 1.14. The van der Waals surface area contributed by atoms with E-state index < -0.39 is 0 Å². The standard InChI is InChI=1S/C15H25N3O2/c1-10(2)7-11(3)17-9-12-5-6-13(15(16)18-19)14(8-12)20-4/h5-6,8,10-11,17,19H,7,9H2,1-4H3,(H2,16,18). The molecule has 1 aromatic rings. The first kappa shape index (κ1) is 16.3. The summed E-state index contributed by atoms with van der Waals surface area (Å²) in [4.78, 5) is 0. The summed E-state index contributed by atoms with van der Waals surface area (Å²) in [6.45, 7) is 7.38. The van der Waals surface area contributed by atoms with Gasteiger partial charge in [-0.1, -0.05) is 25.1 Å². The Labute approximate surface area is 120 Å². The second kappa shape index (κ2) is 7.75. The SMILES string of the molecule is COc1cc(CNC(C)CC(C)C)ccc1/C(N)=N/O. The topological polar surface area (TPSA) is 79.9 Å². The number of nitrogens with zero attached hydrogens (tertiary/aromatic N) is 1. The van der Waals surface area contributed by atoms with Gasteiger partial charge in [-0.05, 0) is 37.0 Å². The number of methoxy groups -OCH3 is 1. The second-order valence-electron chi connectivity index (χ2n) is 5.43. The number of amidine groups is 1. The van der Waals surface area contributed by atoms with E-state index >= 15 is 0 Å². The summed E-state index contributed by atoms with van der Waals surface area (Å²) in [7, 11) is 1.57.